The molecule has 5 aromatic rings. The Morgan fingerprint density at radius 1 is 1.05 bits per heavy atom. The molecule has 2 aromatic carbocycles. The van der Waals surface area contributed by atoms with Gasteiger partial charge in [0.15, 0.2) is 0 Å². The van der Waals surface area contributed by atoms with E-state index in [1.165, 1.54) is 0 Å². The van der Waals surface area contributed by atoms with E-state index in [4.69, 9.17) is 24.2 Å². The topological polar surface area (TPSA) is 111 Å². The van der Waals surface area contributed by atoms with Crippen LogP contribution in [-0.4, -0.2) is 93.8 Å². The number of hydrogen-bond donors (Lipinski definition) is 1. The first-order valence-corrected chi connectivity index (χ1v) is 14.6. The number of amides is 1. The van der Waals surface area contributed by atoms with Crippen LogP contribution in [0.1, 0.15) is 17.7 Å². The van der Waals surface area contributed by atoms with E-state index in [1.54, 1.807) is 14.2 Å². The van der Waals surface area contributed by atoms with Gasteiger partial charge in [0.05, 0.1) is 61.4 Å². The van der Waals surface area contributed by atoms with Gasteiger partial charge in [-0.3, -0.25) is 9.69 Å². The second-order valence-corrected chi connectivity index (χ2v) is 11.3. The summed E-state index contributed by atoms with van der Waals surface area (Å²) >= 11 is 0. The Bertz CT molecular complexity index is 1790. The van der Waals surface area contributed by atoms with Gasteiger partial charge in [-0.05, 0) is 31.2 Å². The highest BCUT2D eigenvalue weighted by Gasteiger charge is 2.35. The van der Waals surface area contributed by atoms with E-state index in [0.717, 1.165) is 76.9 Å². The molecule has 2 aliphatic rings. The SMILES string of the molecule is COc1ccc2nc(C)n(CC(=O)N3CCN(CC4COC4)C[C@H]3c3ncc(-c4cc5ccccc5nc4OC)[nH]3)c2c1. The van der Waals surface area contributed by atoms with Gasteiger partial charge in [-0.1, -0.05) is 18.2 Å². The van der Waals surface area contributed by atoms with Crippen molar-refractivity contribution in [2.24, 2.45) is 5.92 Å². The maximum absolute atomic E-state index is 14.1. The third-order valence-corrected chi connectivity index (χ3v) is 8.53. The second-order valence-electron chi connectivity index (χ2n) is 11.3. The quantitative estimate of drug-likeness (QED) is 0.295. The molecular weight excluding hydrogens is 546 g/mol. The van der Waals surface area contributed by atoms with E-state index in [0.29, 0.717) is 24.9 Å². The lowest BCUT2D eigenvalue weighted by Crippen LogP contribution is -2.53. The van der Waals surface area contributed by atoms with Crippen molar-refractivity contribution in [3.63, 3.8) is 0 Å². The zero-order chi connectivity index (χ0) is 29.5. The highest BCUT2D eigenvalue weighted by Crippen LogP contribution is 2.33. The van der Waals surface area contributed by atoms with Crippen LogP contribution in [0.15, 0.2) is 54.7 Å². The molecule has 222 valence electrons. The fourth-order valence-corrected chi connectivity index (χ4v) is 6.16. The number of methoxy groups -OCH3 is 2. The molecular formula is C32H35N7O4. The Hall–Kier alpha value is -4.48. The summed E-state index contributed by atoms with van der Waals surface area (Å²) in [4.78, 5) is 36.2. The van der Waals surface area contributed by atoms with Gasteiger partial charge >= 0.3 is 0 Å². The fraction of sp³-hybridized carbons (Fsp3) is 0.375. The highest BCUT2D eigenvalue weighted by molar-refractivity contribution is 5.85. The molecule has 0 unspecified atom stereocenters. The van der Waals surface area contributed by atoms with Crippen LogP contribution in [0.4, 0.5) is 0 Å². The van der Waals surface area contributed by atoms with Gasteiger partial charge < -0.3 is 28.7 Å². The third-order valence-electron chi connectivity index (χ3n) is 8.53. The number of aromatic amines is 1. The molecule has 0 bridgehead atoms. The van der Waals surface area contributed by atoms with E-state index in [-0.39, 0.29) is 18.5 Å². The highest BCUT2D eigenvalue weighted by atomic mass is 16.5. The first kappa shape index (κ1) is 27.4. The number of H-pyrrole nitrogens is 1. The van der Waals surface area contributed by atoms with Gasteiger partial charge in [0, 0.05) is 43.5 Å². The molecule has 7 rings (SSSR count). The number of nitrogens with one attached hydrogen (secondary N) is 1. The number of fused-ring (bicyclic) bond motifs is 2. The first-order valence-electron chi connectivity index (χ1n) is 14.6. The lowest BCUT2D eigenvalue weighted by molar-refractivity contribution is -0.138. The van der Waals surface area contributed by atoms with Crippen LogP contribution < -0.4 is 9.47 Å². The zero-order valence-corrected chi connectivity index (χ0v) is 24.6. The summed E-state index contributed by atoms with van der Waals surface area (Å²) in [6.45, 7) is 6.71. The number of para-hydroxylation sites is 1. The summed E-state index contributed by atoms with van der Waals surface area (Å²) in [5.41, 5.74) is 4.20. The summed E-state index contributed by atoms with van der Waals surface area (Å²) in [6, 6.07) is 15.5. The molecule has 0 spiro atoms. The normalized spacial score (nSPS) is 17.8. The molecule has 11 heteroatoms. The number of carbonyl (C=O) groups is 1. The van der Waals surface area contributed by atoms with E-state index in [2.05, 4.69) is 20.9 Å². The lowest BCUT2D eigenvalue weighted by Gasteiger charge is -2.42. The number of aryl methyl sites for hydroxylation is 1. The Kier molecular flexibility index (Phi) is 7.20. The number of aromatic nitrogens is 5. The number of carbonyl (C=O) groups excluding carboxylic acids is 1. The number of nitrogens with zero attached hydrogens (tertiary/aromatic N) is 6. The van der Waals surface area contributed by atoms with Crippen LogP contribution in [-0.2, 0) is 16.1 Å². The molecule has 5 heterocycles. The summed E-state index contributed by atoms with van der Waals surface area (Å²) in [6.07, 6.45) is 1.81. The minimum atomic E-state index is -0.250. The zero-order valence-electron chi connectivity index (χ0n) is 24.6. The number of benzene rings is 2. The van der Waals surface area contributed by atoms with Crippen LogP contribution in [0.5, 0.6) is 11.6 Å². The fourth-order valence-electron chi connectivity index (χ4n) is 6.16. The average molecular weight is 582 g/mol. The van der Waals surface area contributed by atoms with Gasteiger partial charge in [0.1, 0.15) is 30.0 Å². The van der Waals surface area contributed by atoms with Crippen molar-refractivity contribution < 1.29 is 19.0 Å². The molecule has 2 fully saturated rings. The van der Waals surface area contributed by atoms with Crippen molar-refractivity contribution in [3.8, 4) is 22.9 Å². The van der Waals surface area contributed by atoms with Gasteiger partial charge in [-0.15, -0.1) is 0 Å². The smallest absolute Gasteiger partial charge is 0.243 e. The van der Waals surface area contributed by atoms with Crippen molar-refractivity contribution in [1.29, 1.82) is 0 Å². The molecule has 0 radical (unpaired) electrons. The van der Waals surface area contributed by atoms with Crippen LogP contribution in [0.25, 0.3) is 33.2 Å². The van der Waals surface area contributed by atoms with Gasteiger partial charge in [0.2, 0.25) is 11.8 Å². The molecule has 1 atom stereocenters. The summed E-state index contributed by atoms with van der Waals surface area (Å²) < 4.78 is 18.5. The van der Waals surface area contributed by atoms with Crippen LogP contribution in [0.3, 0.4) is 0 Å². The number of piperazine rings is 1. The number of hydrogen-bond acceptors (Lipinski definition) is 8. The van der Waals surface area contributed by atoms with Gasteiger partial charge in [-0.25, -0.2) is 15.0 Å². The third kappa shape index (κ3) is 5.19. The molecule has 1 amide bonds. The van der Waals surface area contributed by atoms with Crippen molar-refractivity contribution in [3.05, 3.63) is 66.4 Å². The van der Waals surface area contributed by atoms with E-state index in [9.17, 15) is 4.79 Å². The van der Waals surface area contributed by atoms with E-state index in [1.807, 2.05) is 65.1 Å². The number of rotatable bonds is 8. The Labute approximate surface area is 249 Å². The van der Waals surface area contributed by atoms with Crippen molar-refractivity contribution >= 4 is 27.8 Å². The summed E-state index contributed by atoms with van der Waals surface area (Å²) in [5.74, 6) is 3.32. The monoisotopic (exact) mass is 581 g/mol. The minimum absolute atomic E-state index is 0.0183. The van der Waals surface area contributed by atoms with Crippen molar-refractivity contribution in [2.75, 3.05) is 53.6 Å². The second kappa shape index (κ2) is 11.3. The summed E-state index contributed by atoms with van der Waals surface area (Å²) in [7, 11) is 3.26. The Morgan fingerprint density at radius 2 is 1.91 bits per heavy atom. The largest absolute Gasteiger partial charge is 0.497 e. The van der Waals surface area contributed by atoms with E-state index < -0.39 is 0 Å². The molecule has 2 aliphatic heterocycles. The van der Waals surface area contributed by atoms with Crippen molar-refractivity contribution in [1.82, 2.24) is 34.3 Å². The lowest BCUT2D eigenvalue weighted by atomic mass is 10.1. The van der Waals surface area contributed by atoms with E-state index >= 15 is 0 Å². The Balaban J connectivity index is 1.20. The van der Waals surface area contributed by atoms with Gasteiger partial charge in [0.25, 0.3) is 0 Å². The summed E-state index contributed by atoms with van der Waals surface area (Å²) in [5, 5.41) is 1.01. The number of imidazole rings is 2. The number of pyridine rings is 1. The molecule has 0 aliphatic carbocycles. The van der Waals surface area contributed by atoms with Crippen LogP contribution >= 0.6 is 0 Å². The van der Waals surface area contributed by atoms with Crippen LogP contribution in [0.2, 0.25) is 0 Å². The van der Waals surface area contributed by atoms with Crippen LogP contribution in [0, 0.1) is 12.8 Å². The average Bonchev–Trinajstić information content (AvgIpc) is 3.62. The maximum Gasteiger partial charge on any atom is 0.243 e. The molecule has 1 N–H and O–H groups in total. The first-order chi connectivity index (χ1) is 21.0. The molecule has 3 aromatic heterocycles. The molecule has 43 heavy (non-hydrogen) atoms. The molecule has 0 saturated carbocycles. The number of ether oxygens (including phenoxy) is 3. The Morgan fingerprint density at radius 3 is 2.70 bits per heavy atom. The van der Waals surface area contributed by atoms with Crippen molar-refractivity contribution in [2.45, 2.75) is 19.5 Å². The van der Waals surface area contributed by atoms with Gasteiger partial charge in [-0.2, -0.15) is 0 Å². The predicted octanol–water partition coefficient (Wildman–Crippen LogP) is 3.83. The molecule has 11 nitrogen and oxygen atoms in total. The molecule has 2 saturated heterocycles. The standard InChI is InChI=1S/C32H35N7O4/c1-20-34-26-9-8-23(41-2)13-28(26)39(20)17-30(40)38-11-10-37(15-21-18-43-19-21)16-29(38)31-33-14-27(35-31)24-12-22-6-4-5-7-25(22)36-32(24)42-3/h4-9,12-14,21,29H,10-11,15-19H2,1-3H3,(H,33,35)/t29-/m0/s1. The predicted molar refractivity (Wildman–Crippen MR) is 162 cm³/mol. The minimum Gasteiger partial charge on any atom is -0.497 e. The maximum atomic E-state index is 14.1.